The van der Waals surface area contributed by atoms with Crippen LogP contribution in [-0.2, 0) is 11.2 Å². The molecule has 0 bridgehead atoms. The molecule has 0 aromatic heterocycles. The fourth-order valence-corrected chi connectivity index (χ4v) is 2.35. The first-order valence-corrected chi connectivity index (χ1v) is 7.47. The molecular weight excluding hydrogens is 253 g/mol. The molecular formula is C17H28FNO. The smallest absolute Gasteiger partial charge is 0.123 e. The summed E-state index contributed by atoms with van der Waals surface area (Å²) in [7, 11) is 1.74. The summed E-state index contributed by atoms with van der Waals surface area (Å²) in [6.07, 6.45) is 0.954. The van der Waals surface area contributed by atoms with Crippen LogP contribution in [0.5, 0.6) is 0 Å². The number of benzene rings is 1. The van der Waals surface area contributed by atoms with Crippen LogP contribution < -0.4 is 5.32 Å². The van der Waals surface area contributed by atoms with E-state index >= 15 is 0 Å². The highest BCUT2D eigenvalue weighted by molar-refractivity contribution is 5.16. The maximum absolute atomic E-state index is 13.0. The molecule has 2 unspecified atom stereocenters. The van der Waals surface area contributed by atoms with Crippen LogP contribution in [0.3, 0.4) is 0 Å². The maximum atomic E-state index is 13.0. The van der Waals surface area contributed by atoms with Crippen molar-refractivity contribution in [2.45, 2.75) is 27.2 Å². The van der Waals surface area contributed by atoms with Gasteiger partial charge < -0.3 is 10.1 Å². The first-order chi connectivity index (χ1) is 9.52. The highest BCUT2D eigenvalue weighted by Gasteiger charge is 2.17. The lowest BCUT2D eigenvalue weighted by Crippen LogP contribution is -2.32. The zero-order chi connectivity index (χ0) is 15.0. The van der Waals surface area contributed by atoms with Crippen molar-refractivity contribution in [2.75, 3.05) is 26.8 Å². The molecule has 1 aromatic carbocycles. The molecule has 0 spiro atoms. The number of halogens is 1. The van der Waals surface area contributed by atoms with Crippen LogP contribution in [0.25, 0.3) is 0 Å². The van der Waals surface area contributed by atoms with E-state index in [0.29, 0.717) is 17.8 Å². The predicted octanol–water partition coefficient (Wildman–Crippen LogP) is 3.51. The number of ether oxygens (including phenoxy) is 1. The molecule has 3 heteroatoms. The van der Waals surface area contributed by atoms with E-state index in [4.69, 9.17) is 4.74 Å². The standard InChI is InChI=1S/C17H28FNO/c1-13(2)10-19-11-16(14(3)12-20-4)9-15-5-7-17(18)8-6-15/h5-8,13-14,16,19H,9-12H2,1-4H3. The molecule has 2 nitrogen and oxygen atoms in total. The van der Waals surface area contributed by atoms with Crippen molar-refractivity contribution < 1.29 is 9.13 Å². The third-order valence-corrected chi connectivity index (χ3v) is 3.60. The normalized spacial score (nSPS) is 14.5. The van der Waals surface area contributed by atoms with E-state index < -0.39 is 0 Å². The molecule has 1 aromatic rings. The van der Waals surface area contributed by atoms with Crippen molar-refractivity contribution in [2.24, 2.45) is 17.8 Å². The molecule has 1 rings (SSSR count). The summed E-state index contributed by atoms with van der Waals surface area (Å²) in [6.45, 7) is 9.39. The summed E-state index contributed by atoms with van der Waals surface area (Å²) in [5.41, 5.74) is 1.19. The van der Waals surface area contributed by atoms with Gasteiger partial charge in [-0.3, -0.25) is 0 Å². The Morgan fingerprint density at radius 3 is 2.30 bits per heavy atom. The van der Waals surface area contributed by atoms with Crippen molar-refractivity contribution in [3.05, 3.63) is 35.6 Å². The van der Waals surface area contributed by atoms with E-state index in [1.165, 1.54) is 17.7 Å². The Bertz CT molecular complexity index is 364. The molecule has 0 radical (unpaired) electrons. The number of hydrogen-bond donors (Lipinski definition) is 1. The summed E-state index contributed by atoms with van der Waals surface area (Å²) >= 11 is 0. The van der Waals surface area contributed by atoms with Crippen molar-refractivity contribution in [1.29, 1.82) is 0 Å². The molecule has 0 heterocycles. The van der Waals surface area contributed by atoms with Crippen LogP contribution in [0.4, 0.5) is 4.39 Å². The Hall–Kier alpha value is -0.930. The molecule has 20 heavy (non-hydrogen) atoms. The van der Waals surface area contributed by atoms with Gasteiger partial charge in [-0.25, -0.2) is 4.39 Å². The summed E-state index contributed by atoms with van der Waals surface area (Å²) in [5.74, 6) is 1.45. The Labute approximate surface area is 122 Å². The lowest BCUT2D eigenvalue weighted by Gasteiger charge is -2.24. The third-order valence-electron chi connectivity index (χ3n) is 3.60. The van der Waals surface area contributed by atoms with Gasteiger partial charge in [0.05, 0.1) is 0 Å². The molecule has 114 valence electrons. The minimum Gasteiger partial charge on any atom is -0.384 e. The van der Waals surface area contributed by atoms with Crippen molar-refractivity contribution in [1.82, 2.24) is 5.32 Å². The molecule has 0 aliphatic rings. The van der Waals surface area contributed by atoms with Gasteiger partial charge in [-0.1, -0.05) is 32.9 Å². The zero-order valence-corrected chi connectivity index (χ0v) is 13.2. The van der Waals surface area contributed by atoms with E-state index in [0.717, 1.165) is 26.1 Å². The predicted molar refractivity (Wildman–Crippen MR) is 82.3 cm³/mol. The fourth-order valence-electron chi connectivity index (χ4n) is 2.35. The molecule has 0 saturated heterocycles. The van der Waals surface area contributed by atoms with Crippen LogP contribution >= 0.6 is 0 Å². The minimum atomic E-state index is -0.173. The Morgan fingerprint density at radius 1 is 1.10 bits per heavy atom. The number of hydrogen-bond acceptors (Lipinski definition) is 2. The number of methoxy groups -OCH3 is 1. The second kappa shape index (κ2) is 9.09. The van der Waals surface area contributed by atoms with Gasteiger partial charge in [0.25, 0.3) is 0 Å². The second-order valence-electron chi connectivity index (χ2n) is 6.08. The van der Waals surface area contributed by atoms with Crippen molar-refractivity contribution in [3.8, 4) is 0 Å². The highest BCUT2D eigenvalue weighted by atomic mass is 19.1. The van der Waals surface area contributed by atoms with Crippen LogP contribution in [-0.4, -0.2) is 26.8 Å². The molecule has 1 N–H and O–H groups in total. The average molecular weight is 281 g/mol. The molecule has 2 atom stereocenters. The first kappa shape index (κ1) is 17.1. The van der Waals surface area contributed by atoms with E-state index in [1.807, 2.05) is 12.1 Å². The van der Waals surface area contributed by atoms with Gasteiger partial charge in [-0.05, 0) is 55.0 Å². The SMILES string of the molecule is COCC(C)C(CNCC(C)C)Cc1ccc(F)cc1. The van der Waals surface area contributed by atoms with Gasteiger partial charge in [-0.15, -0.1) is 0 Å². The summed E-state index contributed by atoms with van der Waals surface area (Å²) in [4.78, 5) is 0. The topological polar surface area (TPSA) is 21.3 Å². The van der Waals surface area contributed by atoms with E-state index in [-0.39, 0.29) is 5.82 Å². The molecule has 0 aliphatic heterocycles. The molecule has 0 amide bonds. The monoisotopic (exact) mass is 281 g/mol. The number of rotatable bonds is 9. The number of nitrogens with one attached hydrogen (secondary N) is 1. The summed E-state index contributed by atoms with van der Waals surface area (Å²) in [5, 5.41) is 3.53. The fraction of sp³-hybridized carbons (Fsp3) is 0.647. The maximum Gasteiger partial charge on any atom is 0.123 e. The van der Waals surface area contributed by atoms with Crippen LogP contribution in [0.15, 0.2) is 24.3 Å². The lowest BCUT2D eigenvalue weighted by molar-refractivity contribution is 0.128. The quantitative estimate of drug-likeness (QED) is 0.748. The van der Waals surface area contributed by atoms with Crippen LogP contribution in [0, 0.1) is 23.6 Å². The molecule has 0 fully saturated rings. The van der Waals surface area contributed by atoms with Crippen LogP contribution in [0.1, 0.15) is 26.3 Å². The van der Waals surface area contributed by atoms with Gasteiger partial charge in [0.15, 0.2) is 0 Å². The van der Waals surface area contributed by atoms with Crippen LogP contribution in [0.2, 0.25) is 0 Å². The zero-order valence-electron chi connectivity index (χ0n) is 13.2. The van der Waals surface area contributed by atoms with Gasteiger partial charge in [0.2, 0.25) is 0 Å². The largest absolute Gasteiger partial charge is 0.384 e. The second-order valence-corrected chi connectivity index (χ2v) is 6.08. The van der Waals surface area contributed by atoms with Gasteiger partial charge in [0, 0.05) is 13.7 Å². The summed E-state index contributed by atoms with van der Waals surface area (Å²) in [6, 6.07) is 6.83. The average Bonchev–Trinajstić information content (AvgIpc) is 2.40. The first-order valence-electron chi connectivity index (χ1n) is 7.47. The minimum absolute atomic E-state index is 0.173. The van der Waals surface area contributed by atoms with Gasteiger partial charge in [0.1, 0.15) is 5.82 Å². The van der Waals surface area contributed by atoms with Crippen molar-refractivity contribution in [3.63, 3.8) is 0 Å². The Morgan fingerprint density at radius 2 is 1.75 bits per heavy atom. The van der Waals surface area contributed by atoms with Gasteiger partial charge in [-0.2, -0.15) is 0 Å². The summed E-state index contributed by atoms with van der Waals surface area (Å²) < 4.78 is 18.2. The third kappa shape index (κ3) is 6.49. The molecule has 0 saturated carbocycles. The van der Waals surface area contributed by atoms with E-state index in [1.54, 1.807) is 7.11 Å². The lowest BCUT2D eigenvalue weighted by atomic mass is 9.88. The van der Waals surface area contributed by atoms with E-state index in [9.17, 15) is 4.39 Å². The van der Waals surface area contributed by atoms with E-state index in [2.05, 4.69) is 26.1 Å². The Balaban J connectivity index is 2.58. The van der Waals surface area contributed by atoms with Crippen molar-refractivity contribution >= 4 is 0 Å². The Kier molecular flexibility index (Phi) is 7.78. The highest BCUT2D eigenvalue weighted by Crippen LogP contribution is 2.18. The molecule has 0 aliphatic carbocycles. The van der Waals surface area contributed by atoms with Gasteiger partial charge >= 0.3 is 0 Å².